The highest BCUT2D eigenvalue weighted by atomic mass is 32.2. The molecule has 21 heavy (non-hydrogen) atoms. The van der Waals surface area contributed by atoms with Crippen molar-refractivity contribution in [3.05, 3.63) is 24.0 Å². The van der Waals surface area contributed by atoms with E-state index in [2.05, 4.69) is 4.98 Å². The zero-order valence-corrected chi connectivity index (χ0v) is 13.3. The van der Waals surface area contributed by atoms with Gasteiger partial charge in [0.05, 0.1) is 0 Å². The van der Waals surface area contributed by atoms with Crippen LogP contribution in [-0.2, 0) is 16.4 Å². The second-order valence-electron chi connectivity index (χ2n) is 5.98. The molecule has 1 saturated heterocycles. The molecule has 0 bridgehead atoms. The van der Waals surface area contributed by atoms with Gasteiger partial charge in [-0.05, 0) is 31.9 Å². The van der Waals surface area contributed by atoms with Crippen molar-refractivity contribution >= 4 is 10.0 Å². The third-order valence-electron chi connectivity index (χ3n) is 3.80. The predicted octanol–water partition coefficient (Wildman–Crippen LogP) is 0.475. The van der Waals surface area contributed by atoms with Crippen LogP contribution in [0.3, 0.4) is 0 Å². The molecule has 118 valence electrons. The fraction of sp³-hybridized carbons (Fsp3) is 0.643. The molecule has 1 atom stereocenters. The highest BCUT2D eigenvalue weighted by molar-refractivity contribution is 7.89. The molecule has 1 aliphatic heterocycles. The van der Waals surface area contributed by atoms with Crippen LogP contribution in [0.1, 0.15) is 31.9 Å². The van der Waals surface area contributed by atoms with Gasteiger partial charge < -0.3 is 11.5 Å². The molecule has 2 heterocycles. The van der Waals surface area contributed by atoms with Gasteiger partial charge in [0, 0.05) is 43.5 Å². The van der Waals surface area contributed by atoms with Crippen LogP contribution in [0.5, 0.6) is 0 Å². The van der Waals surface area contributed by atoms with Crippen molar-refractivity contribution in [3.63, 3.8) is 0 Å². The Morgan fingerprint density at radius 2 is 1.95 bits per heavy atom. The Hall–Kier alpha value is -1.02. The number of piperidine rings is 1. The highest BCUT2D eigenvalue weighted by Crippen LogP contribution is 2.20. The Balaban J connectivity index is 2.14. The van der Waals surface area contributed by atoms with Gasteiger partial charge in [0.1, 0.15) is 4.90 Å². The van der Waals surface area contributed by atoms with E-state index in [1.54, 1.807) is 16.4 Å². The Morgan fingerprint density at radius 3 is 2.48 bits per heavy atom. The van der Waals surface area contributed by atoms with E-state index in [1.165, 1.54) is 6.20 Å². The van der Waals surface area contributed by atoms with Crippen molar-refractivity contribution in [2.24, 2.45) is 11.5 Å². The monoisotopic (exact) mass is 312 g/mol. The molecule has 0 radical (unpaired) electrons. The van der Waals surface area contributed by atoms with Crippen LogP contribution in [0.15, 0.2) is 23.2 Å². The van der Waals surface area contributed by atoms with Gasteiger partial charge in [-0.2, -0.15) is 4.31 Å². The predicted molar refractivity (Wildman–Crippen MR) is 82.2 cm³/mol. The number of hydrogen-bond donors (Lipinski definition) is 2. The summed E-state index contributed by atoms with van der Waals surface area (Å²) in [5.41, 5.74) is 11.8. The topological polar surface area (TPSA) is 102 Å². The van der Waals surface area contributed by atoms with Gasteiger partial charge in [0.25, 0.3) is 0 Å². The molecule has 1 unspecified atom stereocenters. The molecule has 6 nitrogen and oxygen atoms in total. The van der Waals surface area contributed by atoms with Gasteiger partial charge in [0.15, 0.2) is 0 Å². The van der Waals surface area contributed by atoms with E-state index >= 15 is 0 Å². The molecule has 0 saturated carbocycles. The zero-order chi connectivity index (χ0) is 15.5. The number of aromatic nitrogens is 1. The molecule has 0 aromatic carbocycles. The van der Waals surface area contributed by atoms with Crippen LogP contribution in [0.4, 0.5) is 0 Å². The van der Waals surface area contributed by atoms with Gasteiger partial charge in [-0.1, -0.05) is 6.42 Å². The summed E-state index contributed by atoms with van der Waals surface area (Å²) < 4.78 is 26.5. The molecule has 7 heteroatoms. The van der Waals surface area contributed by atoms with Crippen LogP contribution in [-0.4, -0.2) is 42.9 Å². The zero-order valence-electron chi connectivity index (χ0n) is 12.5. The lowest BCUT2D eigenvalue weighted by atomic mass is 9.97. The molecule has 0 aliphatic carbocycles. The van der Waals surface area contributed by atoms with Crippen LogP contribution < -0.4 is 11.5 Å². The summed E-state index contributed by atoms with van der Waals surface area (Å²) in [7, 11) is -3.41. The van der Waals surface area contributed by atoms with Crippen molar-refractivity contribution in [1.82, 2.24) is 9.29 Å². The standard InChI is InChI=1S/C14H24N4O2S/c1-14(16,11-15)9-12-5-6-13(10-17-12)21(19,20)18-7-3-2-4-8-18/h5-6,10H,2-4,7-9,11,15-16H2,1H3. The minimum Gasteiger partial charge on any atom is -0.329 e. The van der Waals surface area contributed by atoms with Crippen molar-refractivity contribution in [2.45, 2.75) is 43.0 Å². The number of hydrogen-bond acceptors (Lipinski definition) is 5. The van der Waals surface area contributed by atoms with Crippen molar-refractivity contribution < 1.29 is 8.42 Å². The van der Waals surface area contributed by atoms with E-state index in [9.17, 15) is 8.42 Å². The molecule has 0 spiro atoms. The van der Waals surface area contributed by atoms with E-state index in [-0.39, 0.29) is 4.90 Å². The summed E-state index contributed by atoms with van der Waals surface area (Å²) in [6.07, 6.45) is 4.89. The summed E-state index contributed by atoms with van der Waals surface area (Å²) in [5.74, 6) is 0. The lowest BCUT2D eigenvalue weighted by Crippen LogP contribution is -2.46. The maximum atomic E-state index is 12.5. The first-order chi connectivity index (χ1) is 9.85. The SMILES string of the molecule is CC(N)(CN)Cc1ccc(S(=O)(=O)N2CCCCC2)cn1. The average molecular weight is 312 g/mol. The van der Waals surface area contributed by atoms with E-state index in [0.29, 0.717) is 26.1 Å². The molecule has 2 rings (SSSR count). The van der Waals surface area contributed by atoms with Gasteiger partial charge in [0.2, 0.25) is 10.0 Å². The second kappa shape index (κ2) is 6.39. The smallest absolute Gasteiger partial charge is 0.244 e. The van der Waals surface area contributed by atoms with Crippen LogP contribution in [0, 0.1) is 0 Å². The minimum absolute atomic E-state index is 0.250. The first kappa shape index (κ1) is 16.4. The second-order valence-corrected chi connectivity index (χ2v) is 7.92. The molecule has 1 fully saturated rings. The van der Waals surface area contributed by atoms with Crippen molar-refractivity contribution in [2.75, 3.05) is 19.6 Å². The third kappa shape index (κ3) is 4.00. The quantitative estimate of drug-likeness (QED) is 0.823. The molecular weight excluding hydrogens is 288 g/mol. The fourth-order valence-corrected chi connectivity index (χ4v) is 3.87. The molecule has 0 amide bonds. The normalized spacial score (nSPS) is 20.1. The first-order valence-electron chi connectivity index (χ1n) is 7.29. The number of nitrogens with zero attached hydrogens (tertiary/aromatic N) is 2. The first-order valence-corrected chi connectivity index (χ1v) is 8.73. The molecule has 1 aromatic heterocycles. The van der Waals surface area contributed by atoms with Crippen LogP contribution in [0.25, 0.3) is 0 Å². The largest absolute Gasteiger partial charge is 0.329 e. The summed E-state index contributed by atoms with van der Waals surface area (Å²) in [6, 6.07) is 3.33. The summed E-state index contributed by atoms with van der Waals surface area (Å²) >= 11 is 0. The number of sulfonamides is 1. The maximum absolute atomic E-state index is 12.5. The van der Waals surface area contributed by atoms with E-state index in [1.807, 2.05) is 6.92 Å². The number of pyridine rings is 1. The van der Waals surface area contributed by atoms with E-state index < -0.39 is 15.6 Å². The molecule has 1 aliphatic rings. The van der Waals surface area contributed by atoms with Crippen molar-refractivity contribution in [1.29, 1.82) is 0 Å². The fourth-order valence-electron chi connectivity index (χ4n) is 2.41. The number of rotatable bonds is 5. The summed E-state index contributed by atoms with van der Waals surface area (Å²) in [5, 5.41) is 0. The third-order valence-corrected chi connectivity index (χ3v) is 5.68. The van der Waals surface area contributed by atoms with Gasteiger partial charge in [-0.3, -0.25) is 4.98 Å². The Kier molecular flexibility index (Phi) is 4.98. The van der Waals surface area contributed by atoms with E-state index in [4.69, 9.17) is 11.5 Å². The average Bonchev–Trinajstić information content (AvgIpc) is 2.48. The molecule has 4 N–H and O–H groups in total. The maximum Gasteiger partial charge on any atom is 0.244 e. The molecule has 1 aromatic rings. The van der Waals surface area contributed by atoms with Crippen LogP contribution in [0.2, 0.25) is 0 Å². The van der Waals surface area contributed by atoms with Gasteiger partial charge in [-0.15, -0.1) is 0 Å². The lowest BCUT2D eigenvalue weighted by Gasteiger charge is -2.26. The Morgan fingerprint density at radius 1 is 1.29 bits per heavy atom. The lowest BCUT2D eigenvalue weighted by molar-refractivity contribution is 0.346. The van der Waals surface area contributed by atoms with Gasteiger partial charge in [-0.25, -0.2) is 8.42 Å². The summed E-state index contributed by atoms with van der Waals surface area (Å²) in [4.78, 5) is 4.48. The number of nitrogens with two attached hydrogens (primary N) is 2. The van der Waals surface area contributed by atoms with Crippen molar-refractivity contribution in [3.8, 4) is 0 Å². The Labute approximate surface area is 126 Å². The van der Waals surface area contributed by atoms with Gasteiger partial charge >= 0.3 is 0 Å². The molecular formula is C14H24N4O2S. The van der Waals surface area contributed by atoms with Crippen LogP contribution >= 0.6 is 0 Å². The summed E-state index contributed by atoms with van der Waals surface area (Å²) in [6.45, 7) is 3.39. The Bertz CT molecular complexity index is 563. The highest BCUT2D eigenvalue weighted by Gasteiger charge is 2.26. The minimum atomic E-state index is -3.41. The van der Waals surface area contributed by atoms with E-state index in [0.717, 1.165) is 25.0 Å².